The molecule has 1 saturated heterocycles. The number of nitrogens with zero attached hydrogens (tertiary/aromatic N) is 1. The Hall–Kier alpha value is -2.55. The molecule has 1 amide bonds. The number of hydrogen-bond donors (Lipinski definition) is 1. The molecule has 1 atom stereocenters. The number of likely N-dealkylation sites (tertiary alicyclic amines) is 1. The molecule has 4 rings (SSSR count). The lowest BCUT2D eigenvalue weighted by Gasteiger charge is -2.25. The topological polar surface area (TPSA) is 36.1 Å². The number of carbonyl (C=O) groups excluding carboxylic acids is 1. The van der Waals surface area contributed by atoms with Crippen LogP contribution in [-0.4, -0.2) is 22.3 Å². The average molecular weight is 318 g/mol. The molecule has 0 bridgehead atoms. The minimum atomic E-state index is 0.140. The maximum absolute atomic E-state index is 13.1. The zero-order valence-electron chi connectivity index (χ0n) is 14.2. The predicted octanol–water partition coefficient (Wildman–Crippen LogP) is 4.76. The number of hydrogen-bond acceptors (Lipinski definition) is 1. The second-order valence-corrected chi connectivity index (χ2v) is 6.70. The molecule has 1 aliphatic rings. The van der Waals surface area contributed by atoms with Gasteiger partial charge in [-0.15, -0.1) is 0 Å². The Bertz CT molecular complexity index is 895. The molecule has 1 unspecified atom stereocenters. The summed E-state index contributed by atoms with van der Waals surface area (Å²) < 4.78 is 0. The molecule has 24 heavy (non-hydrogen) atoms. The molecule has 3 aromatic rings. The van der Waals surface area contributed by atoms with Gasteiger partial charge in [0.25, 0.3) is 5.91 Å². The van der Waals surface area contributed by atoms with Crippen LogP contribution in [0.4, 0.5) is 0 Å². The number of aromatic nitrogens is 1. The molecular formula is C21H22N2O. The maximum atomic E-state index is 13.1. The van der Waals surface area contributed by atoms with Crippen LogP contribution in [0.5, 0.6) is 0 Å². The summed E-state index contributed by atoms with van der Waals surface area (Å²) in [6, 6.07) is 16.6. The summed E-state index contributed by atoms with van der Waals surface area (Å²) in [4.78, 5) is 18.5. The molecule has 0 saturated carbocycles. The Balaban J connectivity index is 1.69. The van der Waals surface area contributed by atoms with Crippen molar-refractivity contribution < 1.29 is 4.79 Å². The zero-order chi connectivity index (χ0) is 16.7. The molecular weight excluding hydrogens is 296 g/mol. The maximum Gasteiger partial charge on any atom is 0.254 e. The van der Waals surface area contributed by atoms with E-state index < -0.39 is 0 Å². The number of benzene rings is 2. The lowest BCUT2D eigenvalue weighted by Crippen LogP contribution is -2.30. The fourth-order valence-corrected chi connectivity index (χ4v) is 3.79. The number of H-pyrrole nitrogens is 1. The van der Waals surface area contributed by atoms with Gasteiger partial charge in [-0.2, -0.15) is 0 Å². The van der Waals surface area contributed by atoms with Gasteiger partial charge in [0.05, 0.1) is 6.04 Å². The van der Waals surface area contributed by atoms with Crippen LogP contribution in [0.3, 0.4) is 0 Å². The van der Waals surface area contributed by atoms with E-state index in [0.29, 0.717) is 0 Å². The van der Waals surface area contributed by atoms with Crippen molar-refractivity contribution in [1.82, 2.24) is 9.88 Å². The van der Waals surface area contributed by atoms with E-state index in [1.165, 1.54) is 11.1 Å². The monoisotopic (exact) mass is 318 g/mol. The van der Waals surface area contributed by atoms with E-state index in [-0.39, 0.29) is 11.9 Å². The molecule has 122 valence electrons. The second kappa shape index (κ2) is 5.82. The molecule has 3 nitrogen and oxygen atoms in total. The van der Waals surface area contributed by atoms with E-state index in [1.807, 2.05) is 41.3 Å². The molecule has 0 spiro atoms. The molecule has 1 fully saturated rings. The fourth-order valence-electron chi connectivity index (χ4n) is 3.79. The first-order chi connectivity index (χ1) is 11.6. The summed E-state index contributed by atoms with van der Waals surface area (Å²) in [5.74, 6) is 0.140. The Kier molecular flexibility index (Phi) is 3.64. The molecule has 3 heteroatoms. The van der Waals surface area contributed by atoms with Gasteiger partial charge in [0, 0.05) is 28.7 Å². The summed E-state index contributed by atoms with van der Waals surface area (Å²) in [6.45, 7) is 5.01. The number of aromatic amines is 1. The van der Waals surface area contributed by atoms with E-state index in [0.717, 1.165) is 41.5 Å². The largest absolute Gasteiger partial charge is 0.358 e. The lowest BCUT2D eigenvalue weighted by molar-refractivity contribution is 0.0736. The molecule has 2 aromatic carbocycles. The Labute approximate surface area is 142 Å². The van der Waals surface area contributed by atoms with Crippen molar-refractivity contribution in [1.29, 1.82) is 0 Å². The molecule has 1 N–H and O–H groups in total. The highest BCUT2D eigenvalue weighted by molar-refractivity contribution is 5.99. The molecule has 2 heterocycles. The van der Waals surface area contributed by atoms with Crippen molar-refractivity contribution in [3.05, 3.63) is 70.9 Å². The van der Waals surface area contributed by atoms with Crippen LogP contribution >= 0.6 is 0 Å². The third-order valence-corrected chi connectivity index (χ3v) is 5.25. The highest BCUT2D eigenvalue weighted by Crippen LogP contribution is 2.33. The van der Waals surface area contributed by atoms with Gasteiger partial charge in [0.2, 0.25) is 0 Å². The number of nitrogens with one attached hydrogen (secondary N) is 1. The van der Waals surface area contributed by atoms with E-state index in [2.05, 4.69) is 31.0 Å². The van der Waals surface area contributed by atoms with E-state index in [1.54, 1.807) is 0 Å². The molecule has 0 radical (unpaired) electrons. The van der Waals surface area contributed by atoms with Crippen molar-refractivity contribution in [3.8, 4) is 0 Å². The van der Waals surface area contributed by atoms with Gasteiger partial charge in [0.1, 0.15) is 0 Å². The second-order valence-electron chi connectivity index (χ2n) is 6.70. The van der Waals surface area contributed by atoms with Crippen molar-refractivity contribution in [2.24, 2.45) is 0 Å². The highest BCUT2D eigenvalue weighted by atomic mass is 16.2. The quantitative estimate of drug-likeness (QED) is 0.726. The van der Waals surface area contributed by atoms with Crippen molar-refractivity contribution in [3.63, 3.8) is 0 Å². The van der Waals surface area contributed by atoms with Crippen LogP contribution in [0, 0.1) is 13.8 Å². The van der Waals surface area contributed by atoms with Gasteiger partial charge < -0.3 is 9.88 Å². The van der Waals surface area contributed by atoms with Crippen molar-refractivity contribution in [2.75, 3.05) is 6.54 Å². The summed E-state index contributed by atoms with van der Waals surface area (Å²) in [6.07, 6.45) is 2.11. The number of carbonyl (C=O) groups is 1. The van der Waals surface area contributed by atoms with Gasteiger partial charge in [-0.1, -0.05) is 30.3 Å². The van der Waals surface area contributed by atoms with E-state index in [4.69, 9.17) is 0 Å². The molecule has 0 aliphatic carbocycles. The number of aryl methyl sites for hydroxylation is 2. The smallest absolute Gasteiger partial charge is 0.254 e. The van der Waals surface area contributed by atoms with Crippen molar-refractivity contribution in [2.45, 2.75) is 32.7 Å². The number of rotatable bonds is 2. The Morgan fingerprint density at radius 3 is 2.71 bits per heavy atom. The molecule has 1 aromatic heterocycles. The van der Waals surface area contributed by atoms with E-state index >= 15 is 0 Å². The van der Waals surface area contributed by atoms with Gasteiger partial charge >= 0.3 is 0 Å². The first-order valence-corrected chi connectivity index (χ1v) is 8.60. The summed E-state index contributed by atoms with van der Waals surface area (Å²) in [5, 5.41) is 1.15. The van der Waals surface area contributed by atoms with Gasteiger partial charge in [-0.3, -0.25) is 4.79 Å². The average Bonchev–Trinajstić information content (AvgIpc) is 3.21. The van der Waals surface area contributed by atoms with Crippen molar-refractivity contribution >= 4 is 16.8 Å². The van der Waals surface area contributed by atoms with Crippen LogP contribution in [-0.2, 0) is 0 Å². The normalized spacial score (nSPS) is 17.6. The van der Waals surface area contributed by atoms with Crippen LogP contribution in [0.15, 0.2) is 48.5 Å². The molecule has 1 aliphatic heterocycles. The fraction of sp³-hybridized carbons (Fsp3) is 0.286. The summed E-state index contributed by atoms with van der Waals surface area (Å²) >= 11 is 0. The van der Waals surface area contributed by atoms with Crippen LogP contribution in [0.25, 0.3) is 10.9 Å². The van der Waals surface area contributed by atoms with E-state index in [9.17, 15) is 4.79 Å². The zero-order valence-corrected chi connectivity index (χ0v) is 14.2. The predicted molar refractivity (Wildman–Crippen MR) is 97.2 cm³/mol. The first kappa shape index (κ1) is 15.0. The van der Waals surface area contributed by atoms with Gasteiger partial charge in [0.15, 0.2) is 0 Å². The SMILES string of the molecule is Cc1[nH]c2ccc(C(=O)N3CCCC3c3ccccc3)cc2c1C. The first-order valence-electron chi connectivity index (χ1n) is 8.60. The minimum Gasteiger partial charge on any atom is -0.358 e. The van der Waals surface area contributed by atoms with Crippen LogP contribution < -0.4 is 0 Å². The van der Waals surface area contributed by atoms with Gasteiger partial charge in [-0.05, 0) is 56.0 Å². The summed E-state index contributed by atoms with van der Waals surface area (Å²) in [7, 11) is 0. The number of fused-ring (bicyclic) bond motifs is 1. The summed E-state index contributed by atoms with van der Waals surface area (Å²) in [5.41, 5.74) is 5.51. The van der Waals surface area contributed by atoms with Crippen LogP contribution in [0.2, 0.25) is 0 Å². The Morgan fingerprint density at radius 2 is 1.92 bits per heavy atom. The standard InChI is InChI=1S/C21H22N2O/c1-14-15(2)22-19-11-10-17(13-18(14)19)21(24)23-12-6-9-20(23)16-7-4-3-5-8-16/h3-5,7-8,10-11,13,20,22H,6,9,12H2,1-2H3. The van der Waals surface area contributed by atoms with Crippen LogP contribution in [0.1, 0.15) is 46.1 Å². The van der Waals surface area contributed by atoms with Gasteiger partial charge in [-0.25, -0.2) is 0 Å². The number of amides is 1. The Morgan fingerprint density at radius 1 is 1.12 bits per heavy atom. The minimum absolute atomic E-state index is 0.140. The third kappa shape index (κ3) is 2.41. The third-order valence-electron chi connectivity index (χ3n) is 5.25. The lowest BCUT2D eigenvalue weighted by atomic mass is 10.0. The highest BCUT2D eigenvalue weighted by Gasteiger charge is 2.30.